The first kappa shape index (κ1) is 30.2. The summed E-state index contributed by atoms with van der Waals surface area (Å²) in [5.41, 5.74) is 10.6. The highest BCUT2D eigenvalue weighted by atomic mass is 16.3. The van der Waals surface area contributed by atoms with Crippen LogP contribution >= 0.6 is 0 Å². The number of rotatable bonds is 8. The van der Waals surface area contributed by atoms with Gasteiger partial charge in [-0.05, 0) is 95.4 Å². The minimum absolute atomic E-state index is 0.864. The Labute approximate surface area is 297 Å². The van der Waals surface area contributed by atoms with Crippen molar-refractivity contribution in [1.29, 1.82) is 0 Å². The van der Waals surface area contributed by atoms with Crippen LogP contribution in [0.4, 0.5) is 34.1 Å². The van der Waals surface area contributed by atoms with Crippen LogP contribution in [0.5, 0.6) is 0 Å². The molecule has 8 aromatic carbocycles. The van der Waals surface area contributed by atoms with Crippen LogP contribution in [-0.2, 0) is 0 Å². The van der Waals surface area contributed by atoms with Gasteiger partial charge >= 0.3 is 0 Å². The van der Waals surface area contributed by atoms with Crippen molar-refractivity contribution in [1.82, 2.24) is 0 Å². The van der Waals surface area contributed by atoms with Crippen molar-refractivity contribution in [2.24, 2.45) is 0 Å². The van der Waals surface area contributed by atoms with Gasteiger partial charge in [-0.3, -0.25) is 0 Å². The molecule has 0 bridgehead atoms. The molecule has 51 heavy (non-hydrogen) atoms. The molecule has 0 saturated carbocycles. The third-order valence-electron chi connectivity index (χ3n) is 9.43. The summed E-state index contributed by atoms with van der Waals surface area (Å²) in [5.74, 6) is 0. The van der Waals surface area contributed by atoms with E-state index in [9.17, 15) is 0 Å². The first-order chi connectivity index (χ1) is 25.3. The van der Waals surface area contributed by atoms with E-state index in [1.807, 2.05) is 12.1 Å². The van der Waals surface area contributed by atoms with Gasteiger partial charge in [-0.15, -0.1) is 0 Å². The largest absolute Gasteiger partial charge is 0.456 e. The Bertz CT molecular complexity index is 2550. The van der Waals surface area contributed by atoms with Gasteiger partial charge in [0.2, 0.25) is 0 Å². The molecule has 0 aliphatic rings. The highest BCUT2D eigenvalue weighted by Gasteiger charge is 2.17. The Kier molecular flexibility index (Phi) is 7.84. The second-order valence-electron chi connectivity index (χ2n) is 12.6. The van der Waals surface area contributed by atoms with Gasteiger partial charge in [-0.1, -0.05) is 121 Å². The van der Waals surface area contributed by atoms with E-state index in [4.69, 9.17) is 4.42 Å². The fourth-order valence-corrected chi connectivity index (χ4v) is 7.04. The first-order valence-corrected chi connectivity index (χ1v) is 17.3. The number of hydrogen-bond donors (Lipinski definition) is 0. The Morgan fingerprint density at radius 3 is 1.41 bits per heavy atom. The summed E-state index contributed by atoms with van der Waals surface area (Å²) in [6.07, 6.45) is 4.39. The second kappa shape index (κ2) is 13.2. The number of hydrogen-bond acceptors (Lipinski definition) is 3. The molecule has 0 saturated heterocycles. The van der Waals surface area contributed by atoms with Gasteiger partial charge in [-0.25, -0.2) is 0 Å². The molecule has 1 heterocycles. The number of anilines is 6. The van der Waals surface area contributed by atoms with E-state index in [-0.39, 0.29) is 0 Å². The molecule has 0 radical (unpaired) electrons. The Morgan fingerprint density at radius 2 is 0.824 bits per heavy atom. The van der Waals surface area contributed by atoms with Crippen molar-refractivity contribution < 1.29 is 4.42 Å². The lowest BCUT2D eigenvalue weighted by Crippen LogP contribution is -2.10. The molecule has 0 spiro atoms. The van der Waals surface area contributed by atoms with Gasteiger partial charge in [-0.2, -0.15) is 0 Å². The van der Waals surface area contributed by atoms with E-state index in [0.717, 1.165) is 67.2 Å². The predicted octanol–water partition coefficient (Wildman–Crippen LogP) is 13.8. The van der Waals surface area contributed by atoms with Crippen molar-refractivity contribution in [2.45, 2.75) is 0 Å². The molecular formula is C48H34N2O. The SMILES string of the molecule is C(=Cc1ccc(N(c2ccccc2)c2ccccc2)c2ccccc12)c1ccc2c(c1)oc1cc(N(c3ccccc3)c3ccccc3)ccc12. The second-order valence-corrected chi connectivity index (χ2v) is 12.6. The summed E-state index contributed by atoms with van der Waals surface area (Å²) < 4.78 is 6.54. The van der Waals surface area contributed by atoms with Crippen LogP contribution in [-0.4, -0.2) is 0 Å². The van der Waals surface area contributed by atoms with E-state index in [1.54, 1.807) is 0 Å². The summed E-state index contributed by atoms with van der Waals surface area (Å²) in [5, 5.41) is 4.60. The normalized spacial score (nSPS) is 11.5. The van der Waals surface area contributed by atoms with Crippen molar-refractivity contribution in [3.8, 4) is 0 Å². The fourth-order valence-electron chi connectivity index (χ4n) is 7.04. The minimum atomic E-state index is 0.864. The Hall–Kier alpha value is -6.84. The van der Waals surface area contributed by atoms with Gasteiger partial charge in [0.15, 0.2) is 0 Å². The van der Waals surface area contributed by atoms with Crippen LogP contribution < -0.4 is 9.80 Å². The quantitative estimate of drug-likeness (QED) is 0.152. The fraction of sp³-hybridized carbons (Fsp3) is 0. The third kappa shape index (κ3) is 5.81. The maximum atomic E-state index is 6.54. The average molecular weight is 655 g/mol. The number of benzene rings is 8. The molecular weight excluding hydrogens is 621 g/mol. The molecule has 0 unspecified atom stereocenters. The number of para-hydroxylation sites is 4. The molecule has 0 atom stereocenters. The topological polar surface area (TPSA) is 19.6 Å². The Balaban J connectivity index is 1.07. The highest BCUT2D eigenvalue weighted by Crippen LogP contribution is 2.41. The zero-order valence-corrected chi connectivity index (χ0v) is 27.9. The summed E-state index contributed by atoms with van der Waals surface area (Å²) in [6, 6.07) is 68.1. The van der Waals surface area contributed by atoms with Crippen LogP contribution in [0, 0.1) is 0 Å². The molecule has 9 aromatic rings. The molecule has 9 rings (SSSR count). The molecule has 0 N–H and O–H groups in total. The molecule has 3 heteroatoms. The van der Waals surface area contributed by atoms with Crippen LogP contribution in [0.25, 0.3) is 44.9 Å². The Morgan fingerprint density at radius 1 is 0.333 bits per heavy atom. The summed E-state index contributed by atoms with van der Waals surface area (Å²) >= 11 is 0. The molecule has 1 aromatic heterocycles. The van der Waals surface area contributed by atoms with Gasteiger partial charge in [0.05, 0.1) is 5.69 Å². The average Bonchev–Trinajstić information content (AvgIpc) is 3.56. The number of nitrogens with zero attached hydrogens (tertiary/aromatic N) is 2. The lowest BCUT2D eigenvalue weighted by molar-refractivity contribution is 0.669. The maximum Gasteiger partial charge on any atom is 0.137 e. The lowest BCUT2D eigenvalue weighted by Gasteiger charge is -2.27. The minimum Gasteiger partial charge on any atom is -0.456 e. The number of furan rings is 1. The van der Waals surface area contributed by atoms with E-state index in [1.165, 1.54) is 10.8 Å². The summed E-state index contributed by atoms with van der Waals surface area (Å²) in [6.45, 7) is 0. The third-order valence-corrected chi connectivity index (χ3v) is 9.43. The zero-order chi connectivity index (χ0) is 34.0. The van der Waals surface area contributed by atoms with Gasteiger partial charge < -0.3 is 14.2 Å². The molecule has 0 aliphatic heterocycles. The van der Waals surface area contributed by atoms with E-state index in [2.05, 4.69) is 204 Å². The summed E-state index contributed by atoms with van der Waals surface area (Å²) in [7, 11) is 0. The smallest absolute Gasteiger partial charge is 0.137 e. The van der Waals surface area contributed by atoms with Gasteiger partial charge in [0.25, 0.3) is 0 Å². The van der Waals surface area contributed by atoms with Crippen molar-refractivity contribution in [3.63, 3.8) is 0 Å². The van der Waals surface area contributed by atoms with Crippen LogP contribution in [0.3, 0.4) is 0 Å². The standard InChI is InChI=1S/C48H34N2O/c1-5-15-37(16-6-1)49(38-17-7-2-8-18-38)41-29-31-45-44-30-26-35(33-47(44)51-48(45)34-41)25-27-36-28-32-46(43-24-14-13-23-42(36)43)50(39-19-9-3-10-20-39)40-21-11-4-12-22-40/h1-34H. The monoisotopic (exact) mass is 654 g/mol. The molecule has 0 amide bonds. The lowest BCUT2D eigenvalue weighted by atomic mass is 10.00. The van der Waals surface area contributed by atoms with Crippen LogP contribution in [0.1, 0.15) is 11.1 Å². The van der Waals surface area contributed by atoms with Crippen LogP contribution in [0.15, 0.2) is 199 Å². The summed E-state index contributed by atoms with van der Waals surface area (Å²) in [4.78, 5) is 4.59. The molecule has 3 nitrogen and oxygen atoms in total. The highest BCUT2D eigenvalue weighted by molar-refractivity contribution is 6.07. The number of fused-ring (bicyclic) bond motifs is 4. The van der Waals surface area contributed by atoms with Crippen molar-refractivity contribution in [2.75, 3.05) is 9.80 Å². The van der Waals surface area contributed by atoms with Gasteiger partial charge in [0, 0.05) is 50.7 Å². The van der Waals surface area contributed by atoms with E-state index < -0.39 is 0 Å². The zero-order valence-electron chi connectivity index (χ0n) is 27.9. The predicted molar refractivity (Wildman–Crippen MR) is 216 cm³/mol. The van der Waals surface area contributed by atoms with E-state index >= 15 is 0 Å². The molecule has 0 aliphatic carbocycles. The van der Waals surface area contributed by atoms with Crippen molar-refractivity contribution >= 4 is 79.0 Å². The van der Waals surface area contributed by atoms with Crippen molar-refractivity contribution in [3.05, 3.63) is 205 Å². The molecule has 0 fully saturated rings. The van der Waals surface area contributed by atoms with Gasteiger partial charge in [0.1, 0.15) is 11.2 Å². The maximum absolute atomic E-state index is 6.54. The van der Waals surface area contributed by atoms with E-state index in [0.29, 0.717) is 0 Å². The van der Waals surface area contributed by atoms with Crippen LogP contribution in [0.2, 0.25) is 0 Å². The first-order valence-electron chi connectivity index (χ1n) is 17.3. The molecule has 242 valence electrons.